The largest absolute Gasteiger partial charge is 0.466 e. The molecule has 0 saturated heterocycles. The maximum Gasteiger partial charge on any atom is 0.232 e. The van der Waals surface area contributed by atoms with Crippen molar-refractivity contribution >= 4 is 138 Å². The average molecular weight is 1750 g/mol. The first-order valence-electron chi connectivity index (χ1n) is 50.8. The molecule has 0 aliphatic carbocycles. The van der Waals surface area contributed by atoms with Crippen molar-refractivity contribution in [2.24, 2.45) is 35.2 Å². The molecule has 0 N–H and O–H groups in total. The number of nitrogens with zero attached hydrogens (tertiary/aromatic N) is 10. The van der Waals surface area contributed by atoms with Crippen LogP contribution in [-0.2, 0) is 35.2 Å². The highest BCUT2D eigenvalue weighted by Gasteiger charge is 2.31. The summed E-state index contributed by atoms with van der Waals surface area (Å²) in [5.41, 5.74) is 30.3. The summed E-state index contributed by atoms with van der Waals surface area (Å²) in [7, 11) is 9.41. The van der Waals surface area contributed by atoms with Crippen LogP contribution in [0, 0.1) is 164 Å². The lowest BCUT2D eigenvalue weighted by Gasteiger charge is -2.11. The molecule has 132 heavy (non-hydrogen) atoms. The van der Waals surface area contributed by atoms with Gasteiger partial charge < -0.3 is 22.1 Å². The van der Waals surface area contributed by atoms with Gasteiger partial charge in [-0.3, -0.25) is 0 Å². The minimum Gasteiger partial charge on any atom is -0.466 e. The van der Waals surface area contributed by atoms with E-state index in [0.29, 0.717) is 187 Å². The van der Waals surface area contributed by atoms with Gasteiger partial charge in [0, 0.05) is 159 Å². The van der Waals surface area contributed by atoms with Crippen molar-refractivity contribution in [3.8, 4) is 56.3 Å². The van der Waals surface area contributed by atoms with Crippen LogP contribution >= 0.6 is 0 Å². The fraction of sp³-hybridized carbons (Fsp3) is 0.231. The summed E-state index contributed by atoms with van der Waals surface area (Å²) >= 11 is 0. The Morgan fingerprint density at radius 2 is 0.606 bits per heavy atom. The fourth-order valence-electron chi connectivity index (χ4n) is 18.0. The van der Waals surface area contributed by atoms with Crippen molar-refractivity contribution in [1.82, 2.24) is 0 Å². The van der Waals surface area contributed by atoms with Crippen LogP contribution in [0.25, 0.3) is 190 Å². The first-order valence-corrected chi connectivity index (χ1v) is 43.3. The molecule has 652 valence electrons. The Bertz CT molecular complexity index is 9190. The second-order valence-electron chi connectivity index (χ2n) is 34.6. The molecule has 0 unspecified atom stereocenters. The van der Waals surface area contributed by atoms with Crippen LogP contribution < -0.4 is 22.8 Å². The van der Waals surface area contributed by atoms with Gasteiger partial charge >= 0.3 is 0 Å². The van der Waals surface area contributed by atoms with E-state index in [4.69, 9.17) is 75.5 Å². The third kappa shape index (κ3) is 15.6. The molecular weight excluding hydrogens is 1630 g/mol. The minimum absolute atomic E-state index is 0.132. The highest BCUT2D eigenvalue weighted by molar-refractivity contribution is 6.18. The number of furan rings is 5. The standard InChI is InChI=1S/C25H25N2O.4C23H21N2O/c1-14(2)18-12-17(5)27(7)21(13-18)22-15(3)8-10-19-20-11-9-16(4)23(26-6)25(20)28-24(19)22;1-13-11-16(4)25(6)19(12-13)21-15(3)7-9-17-20-14(2)8-10-18(24-5)23(20)26-22(17)21;1-13-11-16(4)25(6)19(12-13)20-14(2)7-9-17-18-10-8-15(3)21(24-5)23(18)26-22(17)20;1-13-9-16(4)25(6)20(12-13)21-15(3)7-8-17-18-10-14(2)11-19(24-5)22(18)26-23(17)21;1-13-10-16(4)25(6)19(11-13)21-15(3)12-14(2)20-17-8-7-9-18(24-5)22(17)26-23(20)21/h8-14H,1-5,7H3;4*7-12H,1-4,6H3/q5*+1/i14D;2D3,11D,12D;11D,12D;9D,12D;2D3,10D,11D. The molecule has 0 spiro atoms. The molecule has 0 aliphatic heterocycles. The van der Waals surface area contributed by atoms with Crippen molar-refractivity contribution < 1.29 is 65.5 Å². The minimum atomic E-state index is -2.38. The van der Waals surface area contributed by atoms with Crippen molar-refractivity contribution in [2.45, 2.75) is 151 Å². The first kappa shape index (κ1) is 72.3. The van der Waals surface area contributed by atoms with Crippen LogP contribution in [0.4, 0.5) is 28.4 Å². The quantitative estimate of drug-likeness (QED) is 0.122. The molecule has 20 aromatic rings. The van der Waals surface area contributed by atoms with E-state index in [1.807, 2.05) is 200 Å². The molecule has 0 radical (unpaired) electrons. The molecule has 20 rings (SSSR count). The van der Waals surface area contributed by atoms with Gasteiger partial charge in [0.1, 0.15) is 91.1 Å². The Morgan fingerprint density at radius 3 is 1.03 bits per heavy atom. The maximum absolute atomic E-state index is 8.73. The first-order chi connectivity index (χ1) is 69.1. The van der Waals surface area contributed by atoms with E-state index < -0.39 is 19.6 Å². The summed E-state index contributed by atoms with van der Waals surface area (Å²) in [6, 6.07) is 44.1. The second-order valence-corrected chi connectivity index (χ2v) is 34.6. The fourth-order valence-corrected chi connectivity index (χ4v) is 18.0. The van der Waals surface area contributed by atoms with Gasteiger partial charge in [0.2, 0.25) is 56.9 Å². The molecule has 15 nitrogen and oxygen atoms in total. The maximum atomic E-state index is 8.73. The summed E-state index contributed by atoms with van der Waals surface area (Å²) in [4.78, 5) is 18.1. The van der Waals surface area contributed by atoms with E-state index in [2.05, 4.69) is 66.9 Å². The number of benzene rings is 10. The van der Waals surface area contributed by atoms with Crippen molar-refractivity contribution in [3.05, 3.63) is 351 Å². The summed E-state index contributed by atoms with van der Waals surface area (Å²) in [6.45, 7) is 69.0. The molecule has 0 atom stereocenters. The van der Waals surface area contributed by atoms with E-state index in [-0.39, 0.29) is 34.5 Å². The smallest absolute Gasteiger partial charge is 0.232 e. The van der Waals surface area contributed by atoms with Crippen LogP contribution in [0.15, 0.2) is 204 Å². The van der Waals surface area contributed by atoms with Gasteiger partial charge in [-0.2, -0.15) is 22.8 Å². The third-order valence-corrected chi connectivity index (χ3v) is 25.3. The van der Waals surface area contributed by atoms with Crippen molar-refractivity contribution in [2.75, 3.05) is 0 Å². The molecule has 0 bridgehead atoms. The van der Waals surface area contributed by atoms with Crippen molar-refractivity contribution in [3.63, 3.8) is 0 Å². The van der Waals surface area contributed by atoms with Gasteiger partial charge in [0.15, 0.2) is 28.5 Å². The monoisotopic (exact) mass is 1750 g/mol. The SMILES string of the molecule is [2H]C(C)(C)c1cc(C)[n+](C)c(-c2c(C)ccc3c2oc2c([N+]#[C-])c(C)ccc23)c1.[2H]c1c(C)c([2H])c(-c2c(C)cc(C([2H])([2H])[2H])c3c2oc2c([N+]#[C-])cccc23)[n+](C)c1C.[2H]c1c(C)c([2H])c(-c2c(C)ccc3c2oc2c([N+]#[C-])c(C)ccc23)[n+](C)c1C.[2H]c1c(C)c([2H])c(-c2c(C)ccc3c2oc2c([N+]#[C-])cc(C)cc23)[n+](C)c1C.[2H]c1c(C)c([2H])c(-c2c(C)ccc3c2oc2c([N+]#[C-])ccc(C([2H])([2H])[2H])c23)[n+](C)c1C. The van der Waals surface area contributed by atoms with Crippen molar-refractivity contribution in [1.29, 1.82) is 0 Å². The van der Waals surface area contributed by atoms with Crippen LogP contribution in [0.1, 0.15) is 152 Å². The zero-order chi connectivity index (χ0) is 107. The Hall–Kier alpha value is -15.6. The van der Waals surface area contributed by atoms with E-state index in [9.17, 15) is 0 Å². The lowest BCUT2D eigenvalue weighted by Crippen LogP contribution is -2.35. The Balaban J connectivity index is 0.000000131. The molecule has 0 saturated carbocycles. The van der Waals surface area contributed by atoms with E-state index in [1.54, 1.807) is 68.3 Å². The van der Waals surface area contributed by atoms with E-state index >= 15 is 0 Å². The summed E-state index contributed by atoms with van der Waals surface area (Å²) in [5.74, 6) is -0.697. The summed E-state index contributed by atoms with van der Waals surface area (Å²) < 4.78 is 165. The van der Waals surface area contributed by atoms with Crippen LogP contribution in [0.5, 0.6) is 0 Å². The van der Waals surface area contributed by atoms with Crippen LogP contribution in [0.3, 0.4) is 0 Å². The Kier molecular flexibility index (Phi) is 19.2. The number of fused-ring (bicyclic) bond motifs is 15. The molecule has 15 heteroatoms. The lowest BCUT2D eigenvalue weighted by molar-refractivity contribution is -0.666. The van der Waals surface area contributed by atoms with Gasteiger partial charge in [-0.1, -0.05) is 135 Å². The average Bonchev–Trinajstić information content (AvgIpc) is 1.40. The molecular formula is C117H109N10O5+5. The molecule has 10 heterocycles. The zero-order valence-electron chi connectivity index (χ0n) is 93.7. The lowest BCUT2D eigenvalue weighted by atomic mass is 9.96. The molecule has 0 fully saturated rings. The van der Waals surface area contributed by atoms with Gasteiger partial charge in [-0.25, -0.2) is 24.2 Å². The summed E-state index contributed by atoms with van der Waals surface area (Å²) in [5, 5.41) is 7.68. The highest BCUT2D eigenvalue weighted by Crippen LogP contribution is 2.49. The van der Waals surface area contributed by atoms with Gasteiger partial charge in [0.05, 0.1) is 71.6 Å². The van der Waals surface area contributed by atoms with Crippen LogP contribution in [0.2, 0.25) is 0 Å². The normalized spacial score (nSPS) is 13.2. The number of hydrogen-bond donors (Lipinski definition) is 0. The topological polar surface area (TPSA) is 107 Å². The molecule has 10 aromatic carbocycles. The van der Waals surface area contributed by atoms with Crippen LogP contribution in [-0.4, -0.2) is 0 Å². The van der Waals surface area contributed by atoms with E-state index in [0.717, 1.165) is 133 Å². The molecule has 10 aromatic heterocycles. The third-order valence-electron chi connectivity index (χ3n) is 25.3. The number of para-hydroxylation sites is 1. The number of aromatic nitrogens is 5. The number of aryl methyl sites for hydroxylation is 11. The second kappa shape index (κ2) is 35.1. The zero-order valence-corrected chi connectivity index (χ0v) is 78.7. The Labute approximate surface area is 793 Å². The van der Waals surface area contributed by atoms with Gasteiger partial charge in [-0.15, -0.1) is 0 Å². The molecule has 0 aliphatic rings. The Morgan fingerprint density at radius 1 is 0.273 bits per heavy atom. The van der Waals surface area contributed by atoms with Gasteiger partial charge in [-0.05, 0) is 187 Å². The number of pyridine rings is 5. The summed E-state index contributed by atoms with van der Waals surface area (Å²) in [6.07, 6.45) is 0. The van der Waals surface area contributed by atoms with Gasteiger partial charge in [0.25, 0.3) is 0 Å². The number of rotatable bonds is 6. The predicted molar refractivity (Wildman–Crippen MR) is 537 cm³/mol. The molecule has 0 amide bonds. The highest BCUT2D eigenvalue weighted by atomic mass is 16.3. The predicted octanol–water partition coefficient (Wildman–Crippen LogP) is 30.1. The van der Waals surface area contributed by atoms with E-state index in [1.165, 1.54) is 12.1 Å². The number of hydrogen-bond acceptors (Lipinski definition) is 5.